The van der Waals surface area contributed by atoms with Gasteiger partial charge in [-0.25, -0.2) is 0 Å². The van der Waals surface area contributed by atoms with Crippen LogP contribution in [0.4, 0.5) is 0 Å². The van der Waals surface area contributed by atoms with Crippen LogP contribution in [-0.2, 0) is 9.59 Å². The molecule has 0 spiro atoms. The van der Waals surface area contributed by atoms with Gasteiger partial charge in [-0.1, -0.05) is 0 Å². The lowest BCUT2D eigenvalue weighted by Crippen LogP contribution is -2.23. The number of aliphatic hydroxyl groups is 2. The van der Waals surface area contributed by atoms with Crippen LogP contribution in [0.25, 0.3) is 0 Å². The maximum Gasteiger partial charge on any atom is 0.140 e. The highest BCUT2D eigenvalue weighted by Gasteiger charge is 2.13. The van der Waals surface area contributed by atoms with Gasteiger partial charge in [0.1, 0.15) is 11.6 Å². The van der Waals surface area contributed by atoms with Gasteiger partial charge in [-0.05, 0) is 20.3 Å². The van der Waals surface area contributed by atoms with Crippen molar-refractivity contribution < 1.29 is 19.8 Å². The quantitative estimate of drug-likeness (QED) is 0.578. The molecule has 0 heterocycles. The zero-order valence-corrected chi connectivity index (χ0v) is 7.99. The molecule has 2 unspecified atom stereocenters. The first kappa shape index (κ1) is 12.3. The van der Waals surface area contributed by atoms with Crippen molar-refractivity contribution in [3.8, 4) is 0 Å². The first-order chi connectivity index (χ1) is 5.93. The molecule has 2 atom stereocenters. The molecule has 76 valence electrons. The molecule has 0 amide bonds. The molecule has 4 nitrogen and oxygen atoms in total. The molecule has 0 radical (unpaired) electrons. The predicted octanol–water partition coefficient (Wildman–Crippen LogP) is 0.0565. The van der Waals surface area contributed by atoms with Gasteiger partial charge in [0.15, 0.2) is 0 Å². The molecule has 0 fully saturated rings. The lowest BCUT2D eigenvalue weighted by molar-refractivity contribution is -0.126. The van der Waals surface area contributed by atoms with E-state index in [0.29, 0.717) is 0 Å². The van der Waals surface area contributed by atoms with Crippen molar-refractivity contribution in [1.29, 1.82) is 0 Å². The molecule has 0 bridgehead atoms. The Kier molecular flexibility index (Phi) is 5.50. The minimum absolute atomic E-state index is 0.0769. The van der Waals surface area contributed by atoms with Gasteiger partial charge in [-0.2, -0.15) is 0 Å². The molecule has 13 heavy (non-hydrogen) atoms. The number of Topliss-reactive ketones (excluding diaryl/α,β-unsaturated/α-hetero) is 2. The fraction of sp³-hybridized carbons (Fsp3) is 0.778. The number of ketones is 2. The van der Waals surface area contributed by atoms with Crippen LogP contribution in [0.1, 0.15) is 33.1 Å². The summed E-state index contributed by atoms with van der Waals surface area (Å²) in [6.07, 6.45) is -1.43. The van der Waals surface area contributed by atoms with Crippen LogP contribution < -0.4 is 0 Å². The number of aliphatic hydroxyl groups excluding tert-OH is 2. The summed E-state index contributed by atoms with van der Waals surface area (Å²) in [5.41, 5.74) is 0. The van der Waals surface area contributed by atoms with E-state index in [-0.39, 0.29) is 30.8 Å². The number of hydrogen-bond acceptors (Lipinski definition) is 4. The molecule has 0 aliphatic rings. The van der Waals surface area contributed by atoms with Gasteiger partial charge in [0, 0.05) is 6.42 Å². The molecular formula is C9H16O4. The lowest BCUT2D eigenvalue weighted by atomic mass is 10.1. The normalized spacial score (nSPS) is 15.1. The fourth-order valence-electron chi connectivity index (χ4n) is 0.916. The second-order valence-electron chi connectivity index (χ2n) is 3.26. The van der Waals surface area contributed by atoms with Crippen LogP contribution in [0, 0.1) is 0 Å². The molecule has 0 saturated heterocycles. The summed E-state index contributed by atoms with van der Waals surface area (Å²) < 4.78 is 0. The Morgan fingerprint density at radius 1 is 1.31 bits per heavy atom. The van der Waals surface area contributed by atoms with Crippen molar-refractivity contribution >= 4 is 11.6 Å². The topological polar surface area (TPSA) is 74.6 Å². The summed E-state index contributed by atoms with van der Waals surface area (Å²) >= 11 is 0. The summed E-state index contributed by atoms with van der Waals surface area (Å²) in [6.45, 7) is 2.81. The van der Waals surface area contributed by atoms with E-state index < -0.39 is 12.2 Å². The lowest BCUT2D eigenvalue weighted by Gasteiger charge is -2.11. The zero-order chi connectivity index (χ0) is 10.4. The average Bonchev–Trinajstić information content (AvgIpc) is 1.98. The van der Waals surface area contributed by atoms with Crippen molar-refractivity contribution in [1.82, 2.24) is 0 Å². The largest absolute Gasteiger partial charge is 0.391 e. The first-order valence-electron chi connectivity index (χ1n) is 4.30. The van der Waals surface area contributed by atoms with E-state index >= 15 is 0 Å². The summed E-state index contributed by atoms with van der Waals surface area (Å²) in [7, 11) is 0. The van der Waals surface area contributed by atoms with Gasteiger partial charge in [-0.3, -0.25) is 9.59 Å². The maximum absolute atomic E-state index is 11.0. The molecule has 0 aromatic rings. The van der Waals surface area contributed by atoms with E-state index in [4.69, 9.17) is 10.2 Å². The molecule has 0 aliphatic heterocycles. The Balaban J connectivity index is 3.64. The summed E-state index contributed by atoms with van der Waals surface area (Å²) in [5, 5.41) is 18.0. The minimum atomic E-state index is -0.879. The molecule has 4 heteroatoms. The standard InChI is InChI=1S/C9H16O4/c1-6(10)5-8(12)3-4-9(13)7(2)11/h7,9,11,13H,3-5H2,1-2H3. The van der Waals surface area contributed by atoms with Crippen molar-refractivity contribution in [2.24, 2.45) is 0 Å². The van der Waals surface area contributed by atoms with Crippen molar-refractivity contribution in [3.63, 3.8) is 0 Å². The molecule has 0 rings (SSSR count). The highest BCUT2D eigenvalue weighted by Crippen LogP contribution is 2.04. The van der Waals surface area contributed by atoms with Crippen LogP contribution in [0.15, 0.2) is 0 Å². The number of hydrogen-bond donors (Lipinski definition) is 2. The van der Waals surface area contributed by atoms with Crippen LogP contribution in [0.3, 0.4) is 0 Å². The smallest absolute Gasteiger partial charge is 0.140 e. The van der Waals surface area contributed by atoms with E-state index in [9.17, 15) is 9.59 Å². The van der Waals surface area contributed by atoms with E-state index in [2.05, 4.69) is 0 Å². The van der Waals surface area contributed by atoms with Gasteiger partial charge in [0.25, 0.3) is 0 Å². The number of carbonyl (C=O) groups excluding carboxylic acids is 2. The number of rotatable bonds is 6. The van der Waals surface area contributed by atoms with Gasteiger partial charge in [-0.15, -0.1) is 0 Å². The number of carbonyl (C=O) groups is 2. The Hall–Kier alpha value is -0.740. The van der Waals surface area contributed by atoms with E-state index in [0.717, 1.165) is 0 Å². The summed E-state index contributed by atoms with van der Waals surface area (Å²) in [6, 6.07) is 0. The van der Waals surface area contributed by atoms with Crippen LogP contribution in [0.5, 0.6) is 0 Å². The predicted molar refractivity (Wildman–Crippen MR) is 47.2 cm³/mol. The highest BCUT2D eigenvalue weighted by molar-refractivity contribution is 5.97. The van der Waals surface area contributed by atoms with E-state index in [1.807, 2.05) is 0 Å². The third kappa shape index (κ3) is 6.42. The molecule has 2 N–H and O–H groups in total. The Bertz CT molecular complexity index is 186. The Labute approximate surface area is 77.6 Å². The fourth-order valence-corrected chi connectivity index (χ4v) is 0.916. The second kappa shape index (κ2) is 5.83. The third-order valence-electron chi connectivity index (χ3n) is 1.72. The maximum atomic E-state index is 11.0. The first-order valence-corrected chi connectivity index (χ1v) is 4.30. The van der Waals surface area contributed by atoms with Gasteiger partial charge < -0.3 is 10.2 Å². The Morgan fingerprint density at radius 2 is 1.85 bits per heavy atom. The van der Waals surface area contributed by atoms with Crippen molar-refractivity contribution in [3.05, 3.63) is 0 Å². The zero-order valence-electron chi connectivity index (χ0n) is 7.99. The summed E-state index contributed by atoms with van der Waals surface area (Å²) in [4.78, 5) is 21.5. The van der Waals surface area contributed by atoms with Gasteiger partial charge >= 0.3 is 0 Å². The molecule has 0 aromatic heterocycles. The summed E-state index contributed by atoms with van der Waals surface area (Å²) in [5.74, 6) is -0.358. The van der Waals surface area contributed by atoms with Crippen LogP contribution in [-0.4, -0.2) is 34.0 Å². The second-order valence-corrected chi connectivity index (χ2v) is 3.26. The SMILES string of the molecule is CC(=O)CC(=O)CCC(O)C(C)O. The van der Waals surface area contributed by atoms with Crippen molar-refractivity contribution in [2.75, 3.05) is 0 Å². The van der Waals surface area contributed by atoms with Gasteiger partial charge in [0.2, 0.25) is 0 Å². The molecule has 0 saturated carbocycles. The average molecular weight is 188 g/mol. The van der Waals surface area contributed by atoms with Gasteiger partial charge in [0.05, 0.1) is 18.6 Å². The monoisotopic (exact) mass is 188 g/mol. The van der Waals surface area contributed by atoms with Crippen LogP contribution in [0.2, 0.25) is 0 Å². The highest BCUT2D eigenvalue weighted by atomic mass is 16.3. The third-order valence-corrected chi connectivity index (χ3v) is 1.72. The molecule has 0 aliphatic carbocycles. The molecular weight excluding hydrogens is 172 g/mol. The van der Waals surface area contributed by atoms with Crippen molar-refractivity contribution in [2.45, 2.75) is 45.3 Å². The minimum Gasteiger partial charge on any atom is -0.391 e. The van der Waals surface area contributed by atoms with E-state index in [1.54, 1.807) is 0 Å². The Morgan fingerprint density at radius 3 is 2.23 bits per heavy atom. The molecule has 0 aromatic carbocycles. The van der Waals surface area contributed by atoms with E-state index in [1.165, 1.54) is 13.8 Å². The van der Waals surface area contributed by atoms with Crippen LogP contribution >= 0.6 is 0 Å².